The molecule has 0 aromatic carbocycles. The predicted octanol–water partition coefficient (Wildman–Crippen LogP) is 3.29. The lowest BCUT2D eigenvalue weighted by Crippen LogP contribution is -2.44. The molecular formula is C18H35ClN2O2. The van der Waals surface area contributed by atoms with Gasteiger partial charge in [0.05, 0.1) is 12.6 Å². The summed E-state index contributed by atoms with van der Waals surface area (Å²) in [6.07, 6.45) is 8.56. The van der Waals surface area contributed by atoms with Crippen LogP contribution in [0, 0.1) is 11.3 Å². The van der Waals surface area contributed by atoms with Crippen molar-refractivity contribution in [3.05, 3.63) is 0 Å². The molecule has 1 saturated carbocycles. The van der Waals surface area contributed by atoms with Crippen LogP contribution in [0.1, 0.15) is 65.7 Å². The van der Waals surface area contributed by atoms with Gasteiger partial charge in [-0.05, 0) is 49.9 Å². The summed E-state index contributed by atoms with van der Waals surface area (Å²) in [6.45, 7) is 9.13. The van der Waals surface area contributed by atoms with Crippen LogP contribution in [-0.2, 0) is 9.53 Å². The number of hydrogen-bond donors (Lipinski definition) is 2. The second kappa shape index (κ2) is 9.85. The lowest BCUT2D eigenvalue weighted by Gasteiger charge is -2.39. The van der Waals surface area contributed by atoms with E-state index in [1.807, 2.05) is 0 Å². The highest BCUT2D eigenvalue weighted by Gasteiger charge is 2.32. The fourth-order valence-corrected chi connectivity index (χ4v) is 3.74. The molecular weight excluding hydrogens is 312 g/mol. The second-order valence-corrected chi connectivity index (χ2v) is 7.72. The Bertz CT molecular complexity index is 349. The Hall–Kier alpha value is -0.320. The zero-order valence-corrected chi connectivity index (χ0v) is 15.8. The van der Waals surface area contributed by atoms with Gasteiger partial charge in [-0.1, -0.05) is 27.2 Å². The molecule has 1 amide bonds. The van der Waals surface area contributed by atoms with E-state index in [1.54, 1.807) is 0 Å². The summed E-state index contributed by atoms with van der Waals surface area (Å²) in [5, 5.41) is 6.41. The van der Waals surface area contributed by atoms with Crippen LogP contribution in [0.2, 0.25) is 0 Å². The molecule has 0 spiro atoms. The average Bonchev–Trinajstić information content (AvgIpc) is 3.01. The summed E-state index contributed by atoms with van der Waals surface area (Å²) in [6, 6.07) is 0.376. The Labute approximate surface area is 147 Å². The van der Waals surface area contributed by atoms with Crippen molar-refractivity contribution in [2.24, 2.45) is 11.3 Å². The van der Waals surface area contributed by atoms with Crippen molar-refractivity contribution in [2.75, 3.05) is 19.7 Å². The molecule has 2 N–H and O–H groups in total. The summed E-state index contributed by atoms with van der Waals surface area (Å²) in [4.78, 5) is 12.0. The number of carbonyl (C=O) groups excluding carboxylic acids is 1. The predicted molar refractivity (Wildman–Crippen MR) is 97.1 cm³/mol. The van der Waals surface area contributed by atoms with Gasteiger partial charge in [-0.15, -0.1) is 12.4 Å². The van der Waals surface area contributed by atoms with E-state index in [0.717, 1.165) is 44.8 Å². The van der Waals surface area contributed by atoms with Gasteiger partial charge in [0.25, 0.3) is 0 Å². The van der Waals surface area contributed by atoms with Crippen LogP contribution in [0.5, 0.6) is 0 Å². The van der Waals surface area contributed by atoms with Gasteiger partial charge >= 0.3 is 0 Å². The molecule has 136 valence electrons. The zero-order chi connectivity index (χ0) is 16.0. The summed E-state index contributed by atoms with van der Waals surface area (Å²) >= 11 is 0. The fourth-order valence-electron chi connectivity index (χ4n) is 3.74. The maximum absolute atomic E-state index is 12.0. The van der Waals surface area contributed by atoms with E-state index < -0.39 is 0 Å². The lowest BCUT2D eigenvalue weighted by molar-refractivity contribution is -0.121. The number of amides is 1. The molecule has 1 aliphatic carbocycles. The Morgan fingerprint density at radius 1 is 1.17 bits per heavy atom. The number of ether oxygens (including phenoxy) is 1. The van der Waals surface area contributed by atoms with Crippen molar-refractivity contribution in [3.8, 4) is 0 Å². The third-order valence-corrected chi connectivity index (χ3v) is 5.79. The van der Waals surface area contributed by atoms with E-state index in [9.17, 15) is 4.79 Å². The molecule has 0 bridgehead atoms. The number of rotatable bonds is 7. The van der Waals surface area contributed by atoms with E-state index in [4.69, 9.17) is 4.74 Å². The second-order valence-electron chi connectivity index (χ2n) is 7.72. The number of hydrogen-bond acceptors (Lipinski definition) is 3. The molecule has 2 rings (SSSR count). The summed E-state index contributed by atoms with van der Waals surface area (Å²) in [5.74, 6) is 0.944. The topological polar surface area (TPSA) is 50.4 Å². The molecule has 0 aromatic rings. The van der Waals surface area contributed by atoms with Gasteiger partial charge in [0, 0.05) is 19.2 Å². The van der Waals surface area contributed by atoms with Gasteiger partial charge < -0.3 is 15.4 Å². The smallest absolute Gasteiger partial charge is 0.234 e. The maximum atomic E-state index is 12.0. The molecule has 0 aromatic heterocycles. The highest BCUT2D eigenvalue weighted by atomic mass is 35.5. The third kappa shape index (κ3) is 6.60. The van der Waals surface area contributed by atoms with Crippen molar-refractivity contribution >= 4 is 18.3 Å². The monoisotopic (exact) mass is 346 g/mol. The fraction of sp³-hybridized carbons (Fsp3) is 0.944. The van der Waals surface area contributed by atoms with Gasteiger partial charge in [0.2, 0.25) is 5.91 Å². The Morgan fingerprint density at radius 2 is 1.87 bits per heavy atom. The van der Waals surface area contributed by atoms with E-state index in [2.05, 4.69) is 31.4 Å². The Morgan fingerprint density at radius 3 is 2.43 bits per heavy atom. The SMILES string of the molecule is CCC(C)(C)C1CCC(NC(=O)CNCC2CCCO2)CC1.Cl. The molecule has 1 unspecified atom stereocenters. The van der Waals surface area contributed by atoms with E-state index >= 15 is 0 Å². The minimum Gasteiger partial charge on any atom is -0.377 e. The molecule has 1 heterocycles. The van der Waals surface area contributed by atoms with Crippen LogP contribution in [0.4, 0.5) is 0 Å². The number of carbonyl (C=O) groups is 1. The molecule has 1 atom stereocenters. The van der Waals surface area contributed by atoms with Gasteiger partial charge in [-0.2, -0.15) is 0 Å². The molecule has 2 fully saturated rings. The minimum absolute atomic E-state index is 0. The largest absolute Gasteiger partial charge is 0.377 e. The lowest BCUT2D eigenvalue weighted by atomic mass is 9.69. The highest BCUT2D eigenvalue weighted by Crippen LogP contribution is 2.40. The summed E-state index contributed by atoms with van der Waals surface area (Å²) < 4.78 is 5.54. The molecule has 1 aliphatic heterocycles. The van der Waals surface area contributed by atoms with Crippen molar-refractivity contribution in [1.29, 1.82) is 0 Å². The average molecular weight is 347 g/mol. The van der Waals surface area contributed by atoms with Gasteiger partial charge in [-0.3, -0.25) is 4.79 Å². The minimum atomic E-state index is 0. The Balaban J connectivity index is 0.00000264. The maximum Gasteiger partial charge on any atom is 0.234 e. The molecule has 1 saturated heterocycles. The van der Waals surface area contributed by atoms with Gasteiger partial charge in [-0.25, -0.2) is 0 Å². The zero-order valence-electron chi connectivity index (χ0n) is 15.0. The van der Waals surface area contributed by atoms with Crippen molar-refractivity contribution in [1.82, 2.24) is 10.6 Å². The van der Waals surface area contributed by atoms with E-state index in [0.29, 0.717) is 24.1 Å². The van der Waals surface area contributed by atoms with Crippen LogP contribution in [0.25, 0.3) is 0 Å². The standard InChI is InChI=1S/C18H34N2O2.ClH/c1-4-18(2,3)14-7-9-15(10-8-14)20-17(21)13-19-12-16-6-5-11-22-16;/h14-16,19H,4-13H2,1-3H3,(H,20,21);1H. The van der Waals surface area contributed by atoms with Crippen LogP contribution >= 0.6 is 12.4 Å². The molecule has 23 heavy (non-hydrogen) atoms. The number of halogens is 1. The first kappa shape index (κ1) is 20.7. The van der Waals surface area contributed by atoms with Crippen LogP contribution < -0.4 is 10.6 Å². The first-order valence-corrected chi connectivity index (χ1v) is 9.13. The number of nitrogens with one attached hydrogen (secondary N) is 2. The Kier molecular flexibility index (Phi) is 8.88. The van der Waals surface area contributed by atoms with Gasteiger partial charge in [0.15, 0.2) is 0 Å². The molecule has 2 aliphatic rings. The first-order chi connectivity index (χ1) is 10.5. The van der Waals surface area contributed by atoms with Crippen LogP contribution in [0.15, 0.2) is 0 Å². The summed E-state index contributed by atoms with van der Waals surface area (Å²) in [7, 11) is 0. The first-order valence-electron chi connectivity index (χ1n) is 9.13. The van der Waals surface area contributed by atoms with Crippen molar-refractivity contribution < 1.29 is 9.53 Å². The van der Waals surface area contributed by atoms with Crippen LogP contribution in [-0.4, -0.2) is 37.7 Å². The van der Waals surface area contributed by atoms with Crippen molar-refractivity contribution in [2.45, 2.75) is 77.9 Å². The summed E-state index contributed by atoms with van der Waals surface area (Å²) in [5.41, 5.74) is 0.442. The highest BCUT2D eigenvalue weighted by molar-refractivity contribution is 5.85. The van der Waals surface area contributed by atoms with E-state index in [1.165, 1.54) is 19.3 Å². The van der Waals surface area contributed by atoms with Crippen LogP contribution in [0.3, 0.4) is 0 Å². The van der Waals surface area contributed by atoms with Gasteiger partial charge in [0.1, 0.15) is 0 Å². The molecule has 5 heteroatoms. The quantitative estimate of drug-likeness (QED) is 0.743. The molecule has 4 nitrogen and oxygen atoms in total. The third-order valence-electron chi connectivity index (χ3n) is 5.79. The normalized spacial score (nSPS) is 28.2. The van der Waals surface area contributed by atoms with Crippen molar-refractivity contribution in [3.63, 3.8) is 0 Å². The molecule has 0 radical (unpaired) electrons. The van der Waals surface area contributed by atoms with E-state index in [-0.39, 0.29) is 18.3 Å².